The Morgan fingerprint density at radius 3 is 2.60 bits per heavy atom. The number of nitrogens with one attached hydrogen (secondary N) is 2. The highest BCUT2D eigenvalue weighted by molar-refractivity contribution is 5.76. The SMILES string of the molecule is CNCCN(CC1CCC(C(=O)OC(C)C)N1)C(C)C. The largest absolute Gasteiger partial charge is 0.462 e. The molecule has 20 heavy (non-hydrogen) atoms. The maximum absolute atomic E-state index is 11.9. The lowest BCUT2D eigenvalue weighted by atomic mass is 10.1. The van der Waals surface area contributed by atoms with Gasteiger partial charge in [0.25, 0.3) is 0 Å². The summed E-state index contributed by atoms with van der Waals surface area (Å²) in [5.74, 6) is -0.103. The maximum atomic E-state index is 11.9. The van der Waals surface area contributed by atoms with E-state index >= 15 is 0 Å². The third kappa shape index (κ3) is 5.77. The average molecular weight is 285 g/mol. The monoisotopic (exact) mass is 285 g/mol. The lowest BCUT2D eigenvalue weighted by Gasteiger charge is -2.29. The fourth-order valence-electron chi connectivity index (χ4n) is 2.56. The molecule has 2 N–H and O–H groups in total. The van der Waals surface area contributed by atoms with Crippen LogP contribution in [0.1, 0.15) is 40.5 Å². The molecular formula is C15H31N3O2. The van der Waals surface area contributed by atoms with Crippen molar-refractivity contribution in [2.24, 2.45) is 0 Å². The number of esters is 1. The van der Waals surface area contributed by atoms with Gasteiger partial charge in [-0.2, -0.15) is 0 Å². The summed E-state index contributed by atoms with van der Waals surface area (Å²) >= 11 is 0. The molecule has 1 aliphatic heterocycles. The number of likely N-dealkylation sites (N-methyl/N-ethyl adjacent to an activating group) is 1. The first-order chi connectivity index (χ1) is 9.43. The smallest absolute Gasteiger partial charge is 0.323 e. The lowest BCUT2D eigenvalue weighted by Crippen LogP contribution is -2.46. The van der Waals surface area contributed by atoms with E-state index in [1.165, 1.54) is 0 Å². The van der Waals surface area contributed by atoms with Crippen molar-refractivity contribution in [3.8, 4) is 0 Å². The number of hydrogen-bond donors (Lipinski definition) is 2. The molecule has 1 fully saturated rings. The van der Waals surface area contributed by atoms with E-state index in [1.54, 1.807) is 0 Å². The van der Waals surface area contributed by atoms with Crippen LogP contribution in [0.5, 0.6) is 0 Å². The number of nitrogens with zero attached hydrogens (tertiary/aromatic N) is 1. The summed E-state index contributed by atoms with van der Waals surface area (Å²) in [5, 5.41) is 6.61. The second-order valence-corrected chi connectivity index (χ2v) is 6.17. The normalized spacial score (nSPS) is 23.0. The predicted octanol–water partition coefficient (Wildman–Crippen LogP) is 0.988. The molecular weight excluding hydrogens is 254 g/mol. The van der Waals surface area contributed by atoms with Crippen LogP contribution in [0, 0.1) is 0 Å². The van der Waals surface area contributed by atoms with Gasteiger partial charge in [0.1, 0.15) is 6.04 Å². The number of ether oxygens (including phenoxy) is 1. The van der Waals surface area contributed by atoms with Gasteiger partial charge in [0.05, 0.1) is 6.10 Å². The Bertz CT molecular complexity index is 295. The van der Waals surface area contributed by atoms with Gasteiger partial charge in [-0.3, -0.25) is 9.69 Å². The molecule has 5 nitrogen and oxygen atoms in total. The summed E-state index contributed by atoms with van der Waals surface area (Å²) in [6.07, 6.45) is 1.89. The van der Waals surface area contributed by atoms with Crippen LogP contribution >= 0.6 is 0 Å². The second-order valence-electron chi connectivity index (χ2n) is 6.17. The van der Waals surface area contributed by atoms with Crippen LogP contribution in [0.4, 0.5) is 0 Å². The number of carbonyl (C=O) groups is 1. The van der Waals surface area contributed by atoms with Crippen LogP contribution in [-0.2, 0) is 9.53 Å². The van der Waals surface area contributed by atoms with Crippen LogP contribution in [0.15, 0.2) is 0 Å². The molecule has 5 heteroatoms. The second kappa shape index (κ2) is 8.60. The fourth-order valence-corrected chi connectivity index (χ4v) is 2.56. The lowest BCUT2D eigenvalue weighted by molar-refractivity contribution is -0.149. The Kier molecular flexibility index (Phi) is 7.48. The third-order valence-electron chi connectivity index (χ3n) is 3.71. The number of hydrogen-bond acceptors (Lipinski definition) is 5. The van der Waals surface area contributed by atoms with Crippen molar-refractivity contribution in [3.05, 3.63) is 0 Å². The topological polar surface area (TPSA) is 53.6 Å². The van der Waals surface area contributed by atoms with Crippen molar-refractivity contribution in [1.82, 2.24) is 15.5 Å². The van der Waals surface area contributed by atoms with Gasteiger partial charge in [-0.05, 0) is 47.6 Å². The summed E-state index contributed by atoms with van der Waals surface area (Å²) < 4.78 is 5.27. The third-order valence-corrected chi connectivity index (χ3v) is 3.71. The molecule has 1 rings (SSSR count). The summed E-state index contributed by atoms with van der Waals surface area (Å²) in [6.45, 7) is 11.2. The minimum Gasteiger partial charge on any atom is -0.462 e. The molecule has 0 spiro atoms. The first-order valence-electron chi connectivity index (χ1n) is 7.79. The first-order valence-corrected chi connectivity index (χ1v) is 7.79. The highest BCUT2D eigenvalue weighted by atomic mass is 16.5. The minimum atomic E-state index is -0.124. The molecule has 0 amide bonds. The van der Waals surface area contributed by atoms with E-state index in [0.29, 0.717) is 12.1 Å². The van der Waals surface area contributed by atoms with Crippen molar-refractivity contribution in [1.29, 1.82) is 0 Å². The van der Waals surface area contributed by atoms with Crippen molar-refractivity contribution in [2.45, 2.75) is 64.8 Å². The molecule has 2 unspecified atom stereocenters. The first kappa shape index (κ1) is 17.4. The zero-order valence-corrected chi connectivity index (χ0v) is 13.6. The molecule has 0 aliphatic carbocycles. The molecule has 1 saturated heterocycles. The molecule has 0 aromatic heterocycles. The van der Waals surface area contributed by atoms with Gasteiger partial charge in [-0.15, -0.1) is 0 Å². The summed E-state index contributed by atoms with van der Waals surface area (Å²) in [7, 11) is 1.98. The zero-order chi connectivity index (χ0) is 15.1. The van der Waals surface area contributed by atoms with Crippen molar-refractivity contribution in [3.63, 3.8) is 0 Å². The summed E-state index contributed by atoms with van der Waals surface area (Å²) in [4.78, 5) is 14.3. The van der Waals surface area contributed by atoms with Crippen molar-refractivity contribution < 1.29 is 9.53 Å². The maximum Gasteiger partial charge on any atom is 0.323 e. The number of carbonyl (C=O) groups excluding carboxylic acids is 1. The molecule has 118 valence electrons. The standard InChI is InChI=1S/C15H31N3O2/c1-11(2)18(9-8-16-5)10-13-6-7-14(17-13)15(19)20-12(3)4/h11-14,16-17H,6-10H2,1-5H3. The van der Waals surface area contributed by atoms with Crippen molar-refractivity contribution >= 4 is 5.97 Å². The van der Waals surface area contributed by atoms with Crippen LogP contribution in [-0.4, -0.2) is 61.8 Å². The van der Waals surface area contributed by atoms with Gasteiger partial charge in [-0.25, -0.2) is 0 Å². The molecule has 0 bridgehead atoms. The Labute approximate surface area is 123 Å². The Balaban J connectivity index is 2.40. The summed E-state index contributed by atoms with van der Waals surface area (Å²) in [5.41, 5.74) is 0. The molecule has 2 atom stereocenters. The molecule has 0 saturated carbocycles. The van der Waals surface area contributed by atoms with Gasteiger partial charge in [0.2, 0.25) is 0 Å². The predicted molar refractivity (Wildman–Crippen MR) is 81.8 cm³/mol. The molecule has 1 heterocycles. The van der Waals surface area contributed by atoms with E-state index < -0.39 is 0 Å². The quantitative estimate of drug-likeness (QED) is 0.651. The van der Waals surface area contributed by atoms with Gasteiger partial charge in [-0.1, -0.05) is 0 Å². The van der Waals surface area contributed by atoms with E-state index in [-0.39, 0.29) is 18.1 Å². The van der Waals surface area contributed by atoms with Crippen LogP contribution < -0.4 is 10.6 Å². The molecule has 0 aromatic carbocycles. The van der Waals surface area contributed by atoms with Gasteiger partial charge < -0.3 is 15.4 Å². The fraction of sp³-hybridized carbons (Fsp3) is 0.933. The van der Waals surface area contributed by atoms with E-state index in [0.717, 1.165) is 32.5 Å². The molecule has 0 aromatic rings. The minimum absolute atomic E-state index is 0.0360. The highest BCUT2D eigenvalue weighted by Gasteiger charge is 2.31. The summed E-state index contributed by atoms with van der Waals surface area (Å²) in [6, 6.07) is 0.784. The van der Waals surface area contributed by atoms with Gasteiger partial charge in [0, 0.05) is 31.7 Å². The van der Waals surface area contributed by atoms with E-state index in [9.17, 15) is 4.79 Å². The van der Waals surface area contributed by atoms with E-state index in [2.05, 4.69) is 29.4 Å². The van der Waals surface area contributed by atoms with Gasteiger partial charge in [0.15, 0.2) is 0 Å². The zero-order valence-electron chi connectivity index (χ0n) is 13.6. The Morgan fingerprint density at radius 1 is 1.35 bits per heavy atom. The van der Waals surface area contributed by atoms with Gasteiger partial charge >= 0.3 is 5.97 Å². The van der Waals surface area contributed by atoms with Crippen molar-refractivity contribution in [2.75, 3.05) is 26.7 Å². The highest BCUT2D eigenvalue weighted by Crippen LogP contribution is 2.16. The Morgan fingerprint density at radius 2 is 2.05 bits per heavy atom. The van der Waals surface area contributed by atoms with Crippen LogP contribution in [0.2, 0.25) is 0 Å². The molecule has 1 aliphatic rings. The van der Waals surface area contributed by atoms with E-state index in [1.807, 2.05) is 20.9 Å². The number of rotatable bonds is 8. The van der Waals surface area contributed by atoms with Crippen LogP contribution in [0.25, 0.3) is 0 Å². The average Bonchev–Trinajstić information content (AvgIpc) is 2.81. The molecule has 0 radical (unpaired) electrons. The van der Waals surface area contributed by atoms with E-state index in [4.69, 9.17) is 4.74 Å². The Hall–Kier alpha value is -0.650. The van der Waals surface area contributed by atoms with Crippen LogP contribution in [0.3, 0.4) is 0 Å².